The van der Waals surface area contributed by atoms with Gasteiger partial charge in [-0.05, 0) is 36.4 Å². The molecule has 3 amide bonds. The Kier molecular flexibility index (Phi) is 5.82. The fourth-order valence-corrected chi connectivity index (χ4v) is 3.43. The Morgan fingerprint density at radius 3 is 1.97 bits per heavy atom. The van der Waals surface area contributed by atoms with Crippen molar-refractivity contribution >= 4 is 34.8 Å². The number of benzene rings is 3. The molecule has 1 aliphatic heterocycles. The predicted molar refractivity (Wildman–Crippen MR) is 126 cm³/mol. The smallest absolute Gasteiger partial charge is 0.284 e. The Balaban J connectivity index is 1.77. The van der Waals surface area contributed by atoms with Gasteiger partial charge in [0.15, 0.2) is 5.75 Å². The summed E-state index contributed by atoms with van der Waals surface area (Å²) in [6, 6.07) is 22.1. The van der Waals surface area contributed by atoms with Crippen LogP contribution in [0.4, 0.5) is 17.1 Å². The van der Waals surface area contributed by atoms with E-state index in [1.165, 1.54) is 17.0 Å². The lowest BCUT2D eigenvalue weighted by molar-refractivity contribution is -0.120. The molecule has 166 valence electrons. The van der Waals surface area contributed by atoms with Gasteiger partial charge in [-0.2, -0.15) is 0 Å². The predicted octanol–water partition coefficient (Wildman–Crippen LogP) is 3.40. The molecule has 0 radical (unpaired) electrons. The molecule has 0 atom stereocenters. The maximum Gasteiger partial charge on any atom is 0.284 e. The summed E-state index contributed by atoms with van der Waals surface area (Å²) in [5.41, 5.74) is 1.21. The number of phenols is 1. The molecular formula is C25H22N4O4. The molecule has 0 saturated carbocycles. The number of rotatable bonds is 6. The number of phenolic OH excluding ortho intramolecular Hbond substituents is 1. The third kappa shape index (κ3) is 4.14. The average molecular weight is 442 g/mol. The van der Waals surface area contributed by atoms with Crippen molar-refractivity contribution in [2.24, 2.45) is 0 Å². The number of nitrogens with zero attached hydrogens (tertiary/aromatic N) is 2. The minimum atomic E-state index is -0.589. The number of hydrogen-bond donors (Lipinski definition) is 3. The highest BCUT2D eigenvalue weighted by Crippen LogP contribution is 2.33. The molecule has 0 spiro atoms. The zero-order valence-corrected chi connectivity index (χ0v) is 18.1. The zero-order chi connectivity index (χ0) is 23.5. The van der Waals surface area contributed by atoms with Crippen LogP contribution in [0.2, 0.25) is 0 Å². The largest absolute Gasteiger partial charge is 0.505 e. The maximum absolute atomic E-state index is 13.3. The van der Waals surface area contributed by atoms with Gasteiger partial charge < -0.3 is 20.6 Å². The van der Waals surface area contributed by atoms with E-state index in [0.29, 0.717) is 11.4 Å². The van der Waals surface area contributed by atoms with Gasteiger partial charge in [0.25, 0.3) is 17.7 Å². The molecule has 0 aliphatic carbocycles. The Morgan fingerprint density at radius 1 is 0.788 bits per heavy atom. The molecular weight excluding hydrogens is 420 g/mol. The monoisotopic (exact) mass is 442 g/mol. The van der Waals surface area contributed by atoms with Crippen LogP contribution in [0.5, 0.6) is 5.75 Å². The van der Waals surface area contributed by atoms with Crippen LogP contribution in [0.25, 0.3) is 0 Å². The van der Waals surface area contributed by atoms with Crippen LogP contribution >= 0.6 is 0 Å². The molecule has 3 aromatic carbocycles. The summed E-state index contributed by atoms with van der Waals surface area (Å²) >= 11 is 0. The van der Waals surface area contributed by atoms with Gasteiger partial charge in [-0.3, -0.25) is 14.4 Å². The van der Waals surface area contributed by atoms with Gasteiger partial charge in [-0.15, -0.1) is 0 Å². The van der Waals surface area contributed by atoms with Crippen molar-refractivity contribution in [2.75, 3.05) is 29.6 Å². The highest BCUT2D eigenvalue weighted by atomic mass is 16.3. The third-order valence-corrected chi connectivity index (χ3v) is 5.07. The first-order chi connectivity index (χ1) is 15.9. The van der Waals surface area contributed by atoms with E-state index in [0.717, 1.165) is 4.90 Å². The van der Waals surface area contributed by atoms with Gasteiger partial charge in [-0.1, -0.05) is 42.5 Å². The molecule has 3 aromatic rings. The van der Waals surface area contributed by atoms with Crippen LogP contribution in [0.15, 0.2) is 90.3 Å². The summed E-state index contributed by atoms with van der Waals surface area (Å²) in [7, 11) is 3.15. The van der Waals surface area contributed by atoms with E-state index in [-0.39, 0.29) is 28.4 Å². The highest BCUT2D eigenvalue weighted by molar-refractivity contribution is 6.34. The Hall–Kier alpha value is -4.59. The molecule has 4 rings (SSSR count). The first kappa shape index (κ1) is 21.6. The molecule has 0 saturated heterocycles. The summed E-state index contributed by atoms with van der Waals surface area (Å²) in [4.78, 5) is 41.4. The lowest BCUT2D eigenvalue weighted by atomic mass is 10.1. The van der Waals surface area contributed by atoms with Crippen LogP contribution in [-0.4, -0.2) is 41.8 Å². The van der Waals surface area contributed by atoms with Crippen molar-refractivity contribution in [3.63, 3.8) is 0 Å². The lowest BCUT2D eigenvalue weighted by Crippen LogP contribution is -2.33. The number of para-hydroxylation sites is 3. The average Bonchev–Trinajstić information content (AvgIpc) is 3.05. The molecule has 0 bridgehead atoms. The number of carbonyl (C=O) groups excluding carboxylic acids is 3. The normalized spacial score (nSPS) is 13.3. The quantitative estimate of drug-likeness (QED) is 0.400. The molecule has 3 N–H and O–H groups in total. The SMILES string of the molecule is CN(C)C(=O)c1cccc(NC2=C(Nc3ccccc3)C(=O)N(c3ccccc3)C2=O)c1O. The summed E-state index contributed by atoms with van der Waals surface area (Å²) in [5.74, 6) is -1.85. The van der Waals surface area contributed by atoms with E-state index in [2.05, 4.69) is 10.6 Å². The molecule has 0 unspecified atom stereocenters. The molecule has 1 heterocycles. The summed E-state index contributed by atoms with van der Waals surface area (Å²) in [6.07, 6.45) is 0. The number of aromatic hydroxyl groups is 1. The van der Waals surface area contributed by atoms with Crippen molar-refractivity contribution < 1.29 is 19.5 Å². The molecule has 8 heteroatoms. The van der Waals surface area contributed by atoms with Gasteiger partial charge >= 0.3 is 0 Å². The summed E-state index contributed by atoms with van der Waals surface area (Å²) < 4.78 is 0. The van der Waals surface area contributed by atoms with E-state index in [9.17, 15) is 19.5 Å². The Labute approximate surface area is 190 Å². The van der Waals surface area contributed by atoms with Crippen molar-refractivity contribution in [1.82, 2.24) is 4.90 Å². The number of amides is 3. The van der Waals surface area contributed by atoms with Gasteiger partial charge in [-0.25, -0.2) is 4.90 Å². The van der Waals surface area contributed by atoms with Gasteiger partial charge in [0.1, 0.15) is 11.4 Å². The van der Waals surface area contributed by atoms with Gasteiger partial charge in [0.2, 0.25) is 0 Å². The Bertz CT molecular complexity index is 1250. The van der Waals surface area contributed by atoms with Crippen LogP contribution in [-0.2, 0) is 9.59 Å². The fourth-order valence-electron chi connectivity index (χ4n) is 3.43. The number of hydrogen-bond acceptors (Lipinski definition) is 6. The van der Waals surface area contributed by atoms with Crippen molar-refractivity contribution in [3.8, 4) is 5.75 Å². The zero-order valence-electron chi connectivity index (χ0n) is 18.1. The van der Waals surface area contributed by atoms with Crippen LogP contribution in [0, 0.1) is 0 Å². The van der Waals surface area contributed by atoms with Crippen LogP contribution in [0.3, 0.4) is 0 Å². The fraction of sp³-hybridized carbons (Fsp3) is 0.0800. The molecule has 33 heavy (non-hydrogen) atoms. The van der Waals surface area contributed by atoms with Gasteiger partial charge in [0, 0.05) is 19.8 Å². The number of anilines is 3. The molecule has 1 aliphatic rings. The van der Waals surface area contributed by atoms with E-state index in [1.54, 1.807) is 74.8 Å². The second kappa shape index (κ2) is 8.88. The van der Waals surface area contributed by atoms with Crippen LogP contribution < -0.4 is 15.5 Å². The number of nitrogens with one attached hydrogen (secondary N) is 2. The van der Waals surface area contributed by atoms with E-state index in [1.807, 2.05) is 6.07 Å². The summed E-state index contributed by atoms with van der Waals surface area (Å²) in [6.45, 7) is 0. The van der Waals surface area contributed by atoms with E-state index in [4.69, 9.17) is 0 Å². The summed E-state index contributed by atoms with van der Waals surface area (Å²) in [5, 5.41) is 16.6. The van der Waals surface area contributed by atoms with E-state index >= 15 is 0 Å². The maximum atomic E-state index is 13.3. The van der Waals surface area contributed by atoms with Crippen molar-refractivity contribution in [3.05, 3.63) is 95.8 Å². The van der Waals surface area contributed by atoms with Crippen molar-refractivity contribution in [2.45, 2.75) is 0 Å². The molecule has 0 aromatic heterocycles. The molecule has 8 nitrogen and oxygen atoms in total. The van der Waals surface area contributed by atoms with Crippen LogP contribution in [0.1, 0.15) is 10.4 Å². The second-order valence-electron chi connectivity index (χ2n) is 7.55. The van der Waals surface area contributed by atoms with Crippen molar-refractivity contribution in [1.29, 1.82) is 0 Å². The highest BCUT2D eigenvalue weighted by Gasteiger charge is 2.40. The minimum Gasteiger partial charge on any atom is -0.505 e. The van der Waals surface area contributed by atoms with E-state index < -0.39 is 17.7 Å². The third-order valence-electron chi connectivity index (χ3n) is 5.07. The van der Waals surface area contributed by atoms with Gasteiger partial charge in [0.05, 0.1) is 16.9 Å². The lowest BCUT2D eigenvalue weighted by Gasteiger charge is -2.16. The number of carbonyl (C=O) groups is 3. The number of imide groups is 1. The topological polar surface area (TPSA) is 102 Å². The first-order valence-electron chi connectivity index (χ1n) is 10.2. The minimum absolute atomic E-state index is 0.0267. The Morgan fingerprint density at radius 2 is 1.36 bits per heavy atom. The second-order valence-corrected chi connectivity index (χ2v) is 7.55. The standard InChI is InChI=1S/C25H22N4O4/c1-28(2)23(31)18-14-9-15-19(22(18)30)27-21-20(26-16-10-5-3-6-11-16)24(32)29(25(21)33)17-12-7-4-8-13-17/h3-15,26-27,30H,1-2H3. The first-order valence-corrected chi connectivity index (χ1v) is 10.2. The molecule has 0 fully saturated rings.